The molecule has 2 atom stereocenters. The predicted molar refractivity (Wildman–Crippen MR) is 91.6 cm³/mol. The maximum absolute atomic E-state index is 12.0. The molecule has 0 amide bonds. The average molecular weight is 330 g/mol. The number of carboxylic acid groups (broad SMARTS) is 1. The molecule has 0 saturated carbocycles. The van der Waals surface area contributed by atoms with Gasteiger partial charge >= 0.3 is 5.97 Å². The topological polar surface area (TPSA) is 80.9 Å². The molecule has 0 aliphatic heterocycles. The molecule has 0 bridgehead atoms. The SMILES string of the molecule is CCCn1nnnc1[C@H](Cc1ccccc1)[C@@H](CC(C)C)C(=O)O. The lowest BCUT2D eigenvalue weighted by atomic mass is 9.81. The lowest BCUT2D eigenvalue weighted by molar-refractivity contribution is -0.143. The van der Waals surface area contributed by atoms with Gasteiger partial charge in [-0.05, 0) is 41.2 Å². The molecule has 0 aliphatic rings. The monoisotopic (exact) mass is 330 g/mol. The molecule has 2 rings (SSSR count). The summed E-state index contributed by atoms with van der Waals surface area (Å²) in [4.78, 5) is 12.0. The highest BCUT2D eigenvalue weighted by molar-refractivity contribution is 5.71. The second-order valence-corrected chi connectivity index (χ2v) is 6.63. The maximum Gasteiger partial charge on any atom is 0.307 e. The number of nitrogens with zero attached hydrogens (tertiary/aromatic N) is 4. The Balaban J connectivity index is 2.39. The predicted octanol–water partition coefficient (Wildman–Crippen LogP) is 3.16. The third-order valence-corrected chi connectivity index (χ3v) is 4.15. The van der Waals surface area contributed by atoms with Crippen LogP contribution in [0.25, 0.3) is 0 Å². The molecule has 1 aromatic carbocycles. The molecule has 6 heteroatoms. The fraction of sp³-hybridized carbons (Fsp3) is 0.556. The quantitative estimate of drug-likeness (QED) is 0.764. The van der Waals surface area contributed by atoms with E-state index in [-0.39, 0.29) is 5.92 Å². The zero-order valence-electron chi connectivity index (χ0n) is 14.6. The van der Waals surface area contributed by atoms with Crippen molar-refractivity contribution in [1.82, 2.24) is 20.2 Å². The molecule has 0 unspecified atom stereocenters. The first kappa shape index (κ1) is 18.1. The van der Waals surface area contributed by atoms with Gasteiger partial charge in [-0.25, -0.2) is 4.68 Å². The van der Waals surface area contributed by atoms with Crippen LogP contribution in [-0.2, 0) is 17.8 Å². The van der Waals surface area contributed by atoms with E-state index in [4.69, 9.17) is 0 Å². The number of aryl methyl sites for hydroxylation is 1. The Bertz CT molecular complexity index is 639. The van der Waals surface area contributed by atoms with Crippen molar-refractivity contribution < 1.29 is 9.90 Å². The smallest absolute Gasteiger partial charge is 0.307 e. The molecule has 1 N–H and O–H groups in total. The molecule has 0 saturated heterocycles. The molecule has 0 radical (unpaired) electrons. The van der Waals surface area contributed by atoms with Gasteiger partial charge in [-0.15, -0.1) is 5.10 Å². The number of rotatable bonds is 9. The van der Waals surface area contributed by atoms with Crippen molar-refractivity contribution in [2.24, 2.45) is 11.8 Å². The summed E-state index contributed by atoms with van der Waals surface area (Å²) in [6, 6.07) is 9.95. The zero-order valence-corrected chi connectivity index (χ0v) is 14.6. The number of benzene rings is 1. The third-order valence-electron chi connectivity index (χ3n) is 4.15. The summed E-state index contributed by atoms with van der Waals surface area (Å²) in [6.07, 6.45) is 2.12. The molecule has 130 valence electrons. The van der Waals surface area contributed by atoms with E-state index in [2.05, 4.69) is 22.4 Å². The zero-order chi connectivity index (χ0) is 17.5. The highest BCUT2D eigenvalue weighted by Gasteiger charge is 2.34. The summed E-state index contributed by atoms with van der Waals surface area (Å²) in [6.45, 7) is 6.84. The van der Waals surface area contributed by atoms with E-state index < -0.39 is 11.9 Å². The standard InChI is InChI=1S/C18H26N4O2/c1-4-10-22-17(19-20-21-22)15(12-14-8-6-5-7-9-14)16(18(23)24)11-13(2)3/h5-9,13,15-16H,4,10-12H2,1-3H3,(H,23,24)/t15-,16-/m1/s1. The number of carboxylic acids is 1. The van der Waals surface area contributed by atoms with Gasteiger partial charge in [0.1, 0.15) is 0 Å². The largest absolute Gasteiger partial charge is 0.481 e. The normalized spacial score (nSPS) is 13.8. The number of aliphatic carboxylic acids is 1. The van der Waals surface area contributed by atoms with Gasteiger partial charge in [-0.3, -0.25) is 4.79 Å². The van der Waals surface area contributed by atoms with Crippen molar-refractivity contribution in [1.29, 1.82) is 0 Å². The van der Waals surface area contributed by atoms with Crippen molar-refractivity contribution in [2.45, 2.75) is 52.5 Å². The van der Waals surface area contributed by atoms with Gasteiger partial charge in [0.25, 0.3) is 0 Å². The lowest BCUT2D eigenvalue weighted by Gasteiger charge is -2.24. The van der Waals surface area contributed by atoms with Crippen LogP contribution in [0.1, 0.15) is 50.9 Å². The van der Waals surface area contributed by atoms with E-state index in [1.807, 2.05) is 44.2 Å². The molecular formula is C18H26N4O2. The number of aromatic nitrogens is 4. The van der Waals surface area contributed by atoms with Gasteiger partial charge < -0.3 is 5.11 Å². The summed E-state index contributed by atoms with van der Waals surface area (Å²) in [7, 11) is 0. The Hall–Kier alpha value is -2.24. The molecule has 1 aromatic heterocycles. The number of tetrazole rings is 1. The van der Waals surface area contributed by atoms with Crippen molar-refractivity contribution >= 4 is 5.97 Å². The van der Waals surface area contributed by atoms with Gasteiger partial charge in [0.05, 0.1) is 5.92 Å². The average Bonchev–Trinajstić information content (AvgIpc) is 3.00. The second kappa shape index (κ2) is 8.57. The summed E-state index contributed by atoms with van der Waals surface area (Å²) in [5.41, 5.74) is 1.10. The second-order valence-electron chi connectivity index (χ2n) is 6.63. The summed E-state index contributed by atoms with van der Waals surface area (Å²) >= 11 is 0. The van der Waals surface area contributed by atoms with Crippen LogP contribution in [0.4, 0.5) is 0 Å². The number of hydrogen-bond donors (Lipinski definition) is 1. The first-order chi connectivity index (χ1) is 11.5. The van der Waals surface area contributed by atoms with Crippen LogP contribution < -0.4 is 0 Å². The van der Waals surface area contributed by atoms with Crippen LogP contribution in [0.15, 0.2) is 30.3 Å². The number of hydrogen-bond acceptors (Lipinski definition) is 4. The first-order valence-electron chi connectivity index (χ1n) is 8.55. The Kier molecular flexibility index (Phi) is 6.46. The van der Waals surface area contributed by atoms with Crippen LogP contribution in [0.3, 0.4) is 0 Å². The van der Waals surface area contributed by atoms with Crippen molar-refractivity contribution in [3.05, 3.63) is 41.7 Å². The molecule has 24 heavy (non-hydrogen) atoms. The highest BCUT2D eigenvalue weighted by atomic mass is 16.4. The van der Waals surface area contributed by atoms with E-state index >= 15 is 0 Å². The van der Waals surface area contributed by atoms with E-state index in [0.717, 1.165) is 12.0 Å². The molecule has 0 fully saturated rings. The van der Waals surface area contributed by atoms with Gasteiger partial charge in [-0.2, -0.15) is 0 Å². The Morgan fingerprint density at radius 2 is 1.96 bits per heavy atom. The van der Waals surface area contributed by atoms with Crippen LogP contribution in [0.5, 0.6) is 0 Å². The number of carbonyl (C=O) groups is 1. The van der Waals surface area contributed by atoms with E-state index in [9.17, 15) is 9.90 Å². The van der Waals surface area contributed by atoms with Gasteiger partial charge in [0.2, 0.25) is 0 Å². The molecular weight excluding hydrogens is 304 g/mol. The van der Waals surface area contributed by atoms with Crippen LogP contribution >= 0.6 is 0 Å². The highest BCUT2D eigenvalue weighted by Crippen LogP contribution is 2.32. The summed E-state index contributed by atoms with van der Waals surface area (Å²) < 4.78 is 1.75. The minimum Gasteiger partial charge on any atom is -0.481 e. The van der Waals surface area contributed by atoms with Gasteiger partial charge in [-0.1, -0.05) is 51.1 Å². The first-order valence-corrected chi connectivity index (χ1v) is 8.55. The van der Waals surface area contributed by atoms with E-state index in [1.54, 1.807) is 4.68 Å². The minimum atomic E-state index is -0.782. The fourth-order valence-corrected chi connectivity index (χ4v) is 3.07. The Labute approximate surface area is 142 Å². The molecule has 6 nitrogen and oxygen atoms in total. The van der Waals surface area contributed by atoms with E-state index in [0.29, 0.717) is 31.1 Å². The van der Waals surface area contributed by atoms with Crippen molar-refractivity contribution in [3.8, 4) is 0 Å². The van der Waals surface area contributed by atoms with Gasteiger partial charge in [0.15, 0.2) is 5.82 Å². The van der Waals surface area contributed by atoms with Crippen molar-refractivity contribution in [3.63, 3.8) is 0 Å². The molecule has 2 aromatic rings. The molecule has 0 spiro atoms. The summed E-state index contributed by atoms with van der Waals surface area (Å²) in [5, 5.41) is 21.8. The third kappa shape index (κ3) is 4.63. The fourth-order valence-electron chi connectivity index (χ4n) is 3.07. The van der Waals surface area contributed by atoms with Crippen LogP contribution in [0, 0.1) is 11.8 Å². The maximum atomic E-state index is 12.0. The van der Waals surface area contributed by atoms with Crippen LogP contribution in [0.2, 0.25) is 0 Å². The molecule has 0 aliphatic carbocycles. The van der Waals surface area contributed by atoms with E-state index in [1.165, 1.54) is 0 Å². The Morgan fingerprint density at radius 3 is 2.54 bits per heavy atom. The van der Waals surface area contributed by atoms with Crippen molar-refractivity contribution in [2.75, 3.05) is 0 Å². The summed E-state index contributed by atoms with van der Waals surface area (Å²) in [5.74, 6) is -0.565. The minimum absolute atomic E-state index is 0.242. The lowest BCUT2D eigenvalue weighted by Crippen LogP contribution is -2.28. The van der Waals surface area contributed by atoms with Gasteiger partial charge in [0, 0.05) is 12.5 Å². The Morgan fingerprint density at radius 1 is 1.25 bits per heavy atom. The van der Waals surface area contributed by atoms with Crippen LogP contribution in [-0.4, -0.2) is 31.3 Å². The molecule has 1 heterocycles.